The van der Waals surface area contributed by atoms with Crippen LogP contribution in [-0.2, 0) is 9.59 Å². The van der Waals surface area contributed by atoms with Crippen LogP contribution in [0.25, 0.3) is 0 Å². The van der Waals surface area contributed by atoms with E-state index in [0.29, 0.717) is 13.0 Å². The molecule has 0 saturated heterocycles. The minimum atomic E-state index is -0.903. The van der Waals surface area contributed by atoms with E-state index in [2.05, 4.69) is 10.9 Å². The van der Waals surface area contributed by atoms with Gasteiger partial charge in [-0.05, 0) is 12.3 Å². The zero-order chi connectivity index (χ0) is 12.6. The third-order valence-electron chi connectivity index (χ3n) is 2.43. The van der Waals surface area contributed by atoms with Crippen molar-refractivity contribution in [3.8, 4) is 0 Å². The second kappa shape index (κ2) is 8.06. The first-order valence-electron chi connectivity index (χ1n) is 5.42. The molecule has 0 aromatic rings. The van der Waals surface area contributed by atoms with Gasteiger partial charge in [0.25, 0.3) is 0 Å². The summed E-state index contributed by atoms with van der Waals surface area (Å²) in [5.74, 6) is -1.73. The highest BCUT2D eigenvalue weighted by molar-refractivity contribution is 5.73. The van der Waals surface area contributed by atoms with Gasteiger partial charge in [0.15, 0.2) is 0 Å². The summed E-state index contributed by atoms with van der Waals surface area (Å²) in [5.41, 5.74) is 5.44. The van der Waals surface area contributed by atoms with Crippen LogP contribution in [0.4, 0.5) is 0 Å². The molecule has 0 bridgehead atoms. The van der Waals surface area contributed by atoms with E-state index in [0.717, 1.165) is 6.42 Å². The fourth-order valence-corrected chi connectivity index (χ4v) is 1.19. The highest BCUT2D eigenvalue weighted by atomic mass is 16.4. The Bertz CT molecular complexity index is 233. The predicted molar refractivity (Wildman–Crippen MR) is 58.9 cm³/mol. The number of aliphatic carboxylic acids is 2. The van der Waals surface area contributed by atoms with E-state index in [-0.39, 0.29) is 12.3 Å². The molecular weight excluding hydrogens is 212 g/mol. The molecular formula is C10H20N2O4. The van der Waals surface area contributed by atoms with Gasteiger partial charge in [-0.2, -0.15) is 0 Å². The highest BCUT2D eigenvalue weighted by Crippen LogP contribution is 2.06. The monoisotopic (exact) mass is 232 g/mol. The van der Waals surface area contributed by atoms with Gasteiger partial charge < -0.3 is 10.2 Å². The molecule has 0 heterocycles. The molecule has 0 radical (unpaired) electrons. The van der Waals surface area contributed by atoms with E-state index in [1.807, 2.05) is 13.8 Å². The van der Waals surface area contributed by atoms with E-state index in [4.69, 9.17) is 10.2 Å². The molecule has 0 spiro atoms. The van der Waals surface area contributed by atoms with Gasteiger partial charge in [0.05, 0.1) is 0 Å². The molecule has 0 amide bonds. The number of carbonyl (C=O) groups is 2. The quantitative estimate of drug-likeness (QED) is 0.340. The summed E-state index contributed by atoms with van der Waals surface area (Å²) in [6, 6.07) is -0.644. The molecule has 0 unspecified atom stereocenters. The Morgan fingerprint density at radius 3 is 2.38 bits per heavy atom. The molecule has 0 aliphatic heterocycles. The van der Waals surface area contributed by atoms with Crippen molar-refractivity contribution in [3.05, 3.63) is 0 Å². The number of hydrazine groups is 1. The number of hydrogen-bond acceptors (Lipinski definition) is 4. The maximum absolute atomic E-state index is 10.9. The summed E-state index contributed by atoms with van der Waals surface area (Å²) in [4.78, 5) is 21.1. The first-order valence-corrected chi connectivity index (χ1v) is 5.42. The third kappa shape index (κ3) is 6.36. The molecule has 6 nitrogen and oxygen atoms in total. The number of nitrogens with one attached hydrogen (secondary N) is 2. The van der Waals surface area contributed by atoms with Gasteiger partial charge in [-0.25, -0.2) is 5.43 Å². The molecule has 0 saturated carbocycles. The molecule has 0 aliphatic carbocycles. The maximum atomic E-state index is 10.9. The summed E-state index contributed by atoms with van der Waals surface area (Å²) >= 11 is 0. The minimum Gasteiger partial charge on any atom is -0.481 e. The van der Waals surface area contributed by atoms with Crippen LogP contribution < -0.4 is 10.9 Å². The fourth-order valence-electron chi connectivity index (χ4n) is 1.19. The Morgan fingerprint density at radius 2 is 1.94 bits per heavy atom. The Balaban J connectivity index is 3.77. The Hall–Kier alpha value is -1.14. The molecule has 16 heavy (non-hydrogen) atoms. The van der Waals surface area contributed by atoms with Crippen LogP contribution in [0.15, 0.2) is 0 Å². The molecule has 2 atom stereocenters. The largest absolute Gasteiger partial charge is 0.481 e. The maximum Gasteiger partial charge on any atom is 0.322 e. The molecule has 0 aromatic carbocycles. The van der Waals surface area contributed by atoms with Crippen molar-refractivity contribution in [1.29, 1.82) is 0 Å². The average molecular weight is 232 g/mol. The van der Waals surface area contributed by atoms with Crippen LogP contribution in [0.5, 0.6) is 0 Å². The molecule has 6 heteroatoms. The van der Waals surface area contributed by atoms with Crippen molar-refractivity contribution < 1.29 is 19.8 Å². The zero-order valence-corrected chi connectivity index (χ0v) is 9.69. The number of hydrogen-bond donors (Lipinski definition) is 4. The van der Waals surface area contributed by atoms with Gasteiger partial charge in [-0.1, -0.05) is 20.3 Å². The SMILES string of the molecule is CC[C@H](C)[C@H](NNCCCC(=O)O)C(=O)O. The van der Waals surface area contributed by atoms with Crippen molar-refractivity contribution in [2.24, 2.45) is 5.92 Å². The normalized spacial score (nSPS) is 14.4. The molecule has 0 aromatic heterocycles. The van der Waals surface area contributed by atoms with Gasteiger partial charge in [0, 0.05) is 13.0 Å². The van der Waals surface area contributed by atoms with Crippen molar-refractivity contribution in [3.63, 3.8) is 0 Å². The van der Waals surface area contributed by atoms with Crippen LogP contribution in [0.2, 0.25) is 0 Å². The van der Waals surface area contributed by atoms with Gasteiger partial charge in [0.1, 0.15) is 6.04 Å². The second-order valence-electron chi connectivity index (χ2n) is 3.77. The van der Waals surface area contributed by atoms with Crippen LogP contribution in [-0.4, -0.2) is 34.7 Å². The molecule has 4 N–H and O–H groups in total. The standard InChI is InChI=1S/C10H20N2O4/c1-3-7(2)9(10(15)16)12-11-6-4-5-8(13)14/h7,9,11-12H,3-6H2,1-2H3,(H,13,14)(H,15,16)/t7-,9-/m0/s1. The Kier molecular flexibility index (Phi) is 7.49. The summed E-state index contributed by atoms with van der Waals surface area (Å²) < 4.78 is 0. The smallest absolute Gasteiger partial charge is 0.322 e. The number of carboxylic acid groups (broad SMARTS) is 2. The van der Waals surface area contributed by atoms with Crippen LogP contribution >= 0.6 is 0 Å². The second-order valence-corrected chi connectivity index (χ2v) is 3.77. The van der Waals surface area contributed by atoms with E-state index in [1.165, 1.54) is 0 Å². The van der Waals surface area contributed by atoms with Crippen molar-refractivity contribution >= 4 is 11.9 Å². The van der Waals surface area contributed by atoms with Gasteiger partial charge in [-0.3, -0.25) is 15.0 Å². The predicted octanol–water partition coefficient (Wildman–Crippen LogP) is 0.445. The van der Waals surface area contributed by atoms with Crippen LogP contribution in [0, 0.1) is 5.92 Å². The third-order valence-corrected chi connectivity index (χ3v) is 2.43. The first-order chi connectivity index (χ1) is 7.49. The highest BCUT2D eigenvalue weighted by Gasteiger charge is 2.22. The lowest BCUT2D eigenvalue weighted by Crippen LogP contribution is -2.49. The first kappa shape index (κ1) is 14.9. The van der Waals surface area contributed by atoms with E-state index < -0.39 is 18.0 Å². The van der Waals surface area contributed by atoms with Gasteiger partial charge >= 0.3 is 11.9 Å². The summed E-state index contributed by atoms with van der Waals surface area (Å²) in [6.07, 6.45) is 1.31. The summed E-state index contributed by atoms with van der Waals surface area (Å²) in [6.45, 7) is 4.21. The topological polar surface area (TPSA) is 98.7 Å². The Morgan fingerprint density at radius 1 is 1.31 bits per heavy atom. The Labute approximate surface area is 95.0 Å². The van der Waals surface area contributed by atoms with Crippen LogP contribution in [0.3, 0.4) is 0 Å². The summed E-state index contributed by atoms with van der Waals surface area (Å²) in [7, 11) is 0. The van der Waals surface area contributed by atoms with Crippen molar-refractivity contribution in [1.82, 2.24) is 10.9 Å². The summed E-state index contributed by atoms with van der Waals surface area (Å²) in [5, 5.41) is 17.3. The lowest BCUT2D eigenvalue weighted by atomic mass is 10.0. The molecule has 0 rings (SSSR count). The van der Waals surface area contributed by atoms with E-state index in [1.54, 1.807) is 0 Å². The van der Waals surface area contributed by atoms with Gasteiger partial charge in [-0.15, -0.1) is 0 Å². The molecule has 0 fully saturated rings. The number of rotatable bonds is 9. The zero-order valence-electron chi connectivity index (χ0n) is 9.69. The molecule has 94 valence electrons. The van der Waals surface area contributed by atoms with Crippen molar-refractivity contribution in [2.45, 2.75) is 39.2 Å². The lowest BCUT2D eigenvalue weighted by Gasteiger charge is -2.20. The average Bonchev–Trinajstić information content (AvgIpc) is 2.21. The minimum absolute atomic E-state index is 0.0180. The van der Waals surface area contributed by atoms with E-state index >= 15 is 0 Å². The van der Waals surface area contributed by atoms with Crippen molar-refractivity contribution in [2.75, 3.05) is 6.54 Å². The van der Waals surface area contributed by atoms with Gasteiger partial charge in [0.2, 0.25) is 0 Å². The van der Waals surface area contributed by atoms with Crippen LogP contribution in [0.1, 0.15) is 33.1 Å². The fraction of sp³-hybridized carbons (Fsp3) is 0.800. The number of carboxylic acids is 2. The lowest BCUT2D eigenvalue weighted by molar-refractivity contribution is -0.141. The van der Waals surface area contributed by atoms with E-state index in [9.17, 15) is 9.59 Å². The molecule has 0 aliphatic rings.